The van der Waals surface area contributed by atoms with Crippen LogP contribution in [0.1, 0.15) is 17.1 Å². The molecule has 0 spiro atoms. The van der Waals surface area contributed by atoms with E-state index in [-0.39, 0.29) is 5.82 Å². The Kier molecular flexibility index (Phi) is 4.34. The lowest BCUT2D eigenvalue weighted by Crippen LogP contribution is -2.13. The molecule has 100 valence electrons. The second-order valence-electron chi connectivity index (χ2n) is 4.09. The SMILES string of the molecule is Cc1nc(CSc2ccc(F)cc2)nc(NN)c1C. The smallest absolute Gasteiger partial charge is 0.146 e. The van der Waals surface area contributed by atoms with Crippen molar-refractivity contribution in [1.29, 1.82) is 0 Å². The van der Waals surface area contributed by atoms with Crippen LogP contribution in [-0.2, 0) is 5.75 Å². The first kappa shape index (κ1) is 13.8. The summed E-state index contributed by atoms with van der Waals surface area (Å²) in [5.41, 5.74) is 4.42. The lowest BCUT2D eigenvalue weighted by molar-refractivity contribution is 0.626. The molecule has 4 nitrogen and oxygen atoms in total. The van der Waals surface area contributed by atoms with Crippen molar-refractivity contribution >= 4 is 17.6 Å². The summed E-state index contributed by atoms with van der Waals surface area (Å²) < 4.78 is 12.8. The van der Waals surface area contributed by atoms with E-state index >= 15 is 0 Å². The van der Waals surface area contributed by atoms with E-state index in [1.165, 1.54) is 12.1 Å². The van der Waals surface area contributed by atoms with Crippen LogP contribution in [0, 0.1) is 19.7 Å². The topological polar surface area (TPSA) is 63.8 Å². The van der Waals surface area contributed by atoms with E-state index < -0.39 is 0 Å². The van der Waals surface area contributed by atoms with Crippen LogP contribution in [-0.4, -0.2) is 9.97 Å². The predicted octanol–water partition coefficient (Wildman–Crippen LogP) is 2.81. The number of rotatable bonds is 4. The number of nitrogen functional groups attached to an aromatic ring is 1. The van der Waals surface area contributed by atoms with Crippen molar-refractivity contribution in [2.24, 2.45) is 5.84 Å². The van der Waals surface area contributed by atoms with Crippen LogP contribution >= 0.6 is 11.8 Å². The van der Waals surface area contributed by atoms with Crippen molar-refractivity contribution in [3.8, 4) is 0 Å². The van der Waals surface area contributed by atoms with E-state index in [1.807, 2.05) is 13.8 Å². The van der Waals surface area contributed by atoms with Crippen molar-refractivity contribution in [1.82, 2.24) is 9.97 Å². The molecule has 0 amide bonds. The zero-order valence-electron chi connectivity index (χ0n) is 10.8. The van der Waals surface area contributed by atoms with Gasteiger partial charge in [0.15, 0.2) is 0 Å². The van der Waals surface area contributed by atoms with E-state index in [0.717, 1.165) is 16.2 Å². The van der Waals surface area contributed by atoms with Gasteiger partial charge >= 0.3 is 0 Å². The Bertz CT molecular complexity index is 572. The van der Waals surface area contributed by atoms with Crippen LogP contribution < -0.4 is 11.3 Å². The Morgan fingerprint density at radius 3 is 2.53 bits per heavy atom. The van der Waals surface area contributed by atoms with Crippen LogP contribution in [0.2, 0.25) is 0 Å². The van der Waals surface area contributed by atoms with Gasteiger partial charge in [-0.3, -0.25) is 0 Å². The number of nitrogens with one attached hydrogen (secondary N) is 1. The Morgan fingerprint density at radius 1 is 1.21 bits per heavy atom. The first-order chi connectivity index (χ1) is 9.10. The molecule has 2 aromatic rings. The molecule has 0 aliphatic carbocycles. The standard InChI is InChI=1S/C13H15FN4S/c1-8-9(2)16-12(17-13(8)18-15)7-19-11-5-3-10(14)4-6-11/h3-6H,7,15H2,1-2H3,(H,16,17,18). The Labute approximate surface area is 115 Å². The van der Waals surface area contributed by atoms with Gasteiger partial charge in [0.25, 0.3) is 0 Å². The lowest BCUT2D eigenvalue weighted by Gasteiger charge is -2.09. The van der Waals surface area contributed by atoms with Gasteiger partial charge in [-0.05, 0) is 38.1 Å². The number of hydrazine groups is 1. The van der Waals surface area contributed by atoms with Crippen LogP contribution in [0.4, 0.5) is 10.2 Å². The summed E-state index contributed by atoms with van der Waals surface area (Å²) >= 11 is 1.56. The number of aryl methyl sites for hydroxylation is 1. The molecule has 0 unspecified atom stereocenters. The third kappa shape index (κ3) is 3.42. The maximum absolute atomic E-state index is 12.8. The summed E-state index contributed by atoms with van der Waals surface area (Å²) in [7, 11) is 0. The molecule has 0 radical (unpaired) electrons. The Balaban J connectivity index is 2.11. The van der Waals surface area contributed by atoms with Crippen molar-refractivity contribution in [3.63, 3.8) is 0 Å². The molecule has 1 aromatic heterocycles. The Morgan fingerprint density at radius 2 is 1.89 bits per heavy atom. The monoisotopic (exact) mass is 278 g/mol. The lowest BCUT2D eigenvalue weighted by atomic mass is 10.2. The minimum Gasteiger partial charge on any atom is -0.308 e. The highest BCUT2D eigenvalue weighted by atomic mass is 32.2. The molecular weight excluding hydrogens is 263 g/mol. The fraction of sp³-hybridized carbons (Fsp3) is 0.231. The molecule has 0 saturated carbocycles. The van der Waals surface area contributed by atoms with Gasteiger partial charge in [-0.15, -0.1) is 11.8 Å². The maximum atomic E-state index is 12.8. The van der Waals surface area contributed by atoms with Gasteiger partial charge in [0.05, 0.1) is 5.75 Å². The number of halogens is 1. The molecule has 0 aliphatic rings. The summed E-state index contributed by atoms with van der Waals surface area (Å²) in [6, 6.07) is 6.36. The number of aromatic nitrogens is 2. The number of nitrogens with zero attached hydrogens (tertiary/aromatic N) is 2. The molecule has 19 heavy (non-hydrogen) atoms. The Hall–Kier alpha value is -1.66. The number of anilines is 1. The van der Waals surface area contributed by atoms with E-state index in [1.54, 1.807) is 23.9 Å². The molecule has 0 saturated heterocycles. The van der Waals surface area contributed by atoms with Crippen LogP contribution in [0.5, 0.6) is 0 Å². The third-order valence-electron chi connectivity index (χ3n) is 2.75. The first-order valence-electron chi connectivity index (χ1n) is 5.79. The van der Waals surface area contributed by atoms with Crippen molar-refractivity contribution in [2.75, 3.05) is 5.43 Å². The fourth-order valence-electron chi connectivity index (χ4n) is 1.57. The second-order valence-corrected chi connectivity index (χ2v) is 5.13. The molecule has 6 heteroatoms. The minimum absolute atomic E-state index is 0.235. The summed E-state index contributed by atoms with van der Waals surface area (Å²) in [6.07, 6.45) is 0. The molecule has 1 heterocycles. The normalized spacial score (nSPS) is 10.5. The molecule has 0 bridgehead atoms. The molecule has 3 N–H and O–H groups in total. The van der Waals surface area contributed by atoms with Gasteiger partial charge in [0, 0.05) is 16.2 Å². The largest absolute Gasteiger partial charge is 0.308 e. The summed E-state index contributed by atoms with van der Waals surface area (Å²) in [4.78, 5) is 9.73. The van der Waals surface area contributed by atoms with Gasteiger partial charge in [0.1, 0.15) is 17.5 Å². The highest BCUT2D eigenvalue weighted by Gasteiger charge is 2.07. The number of benzene rings is 1. The zero-order valence-corrected chi connectivity index (χ0v) is 11.6. The first-order valence-corrected chi connectivity index (χ1v) is 6.78. The van der Waals surface area contributed by atoms with E-state index in [0.29, 0.717) is 17.4 Å². The van der Waals surface area contributed by atoms with Crippen molar-refractivity contribution in [2.45, 2.75) is 24.5 Å². The molecule has 0 aliphatic heterocycles. The minimum atomic E-state index is -0.235. The van der Waals surface area contributed by atoms with Gasteiger partial charge in [0.2, 0.25) is 0 Å². The molecule has 2 rings (SSSR count). The predicted molar refractivity (Wildman–Crippen MR) is 75.3 cm³/mol. The van der Waals surface area contributed by atoms with Crippen molar-refractivity contribution < 1.29 is 4.39 Å². The van der Waals surface area contributed by atoms with Crippen molar-refractivity contribution in [3.05, 3.63) is 47.2 Å². The van der Waals surface area contributed by atoms with Crippen LogP contribution in [0.15, 0.2) is 29.2 Å². The third-order valence-corrected chi connectivity index (χ3v) is 3.76. The van der Waals surface area contributed by atoms with Gasteiger partial charge in [-0.1, -0.05) is 0 Å². The average molecular weight is 278 g/mol. The fourth-order valence-corrected chi connectivity index (χ4v) is 2.32. The van der Waals surface area contributed by atoms with Gasteiger partial charge in [-0.2, -0.15) is 0 Å². The summed E-state index contributed by atoms with van der Waals surface area (Å²) in [5.74, 6) is 7.14. The number of hydrogen-bond acceptors (Lipinski definition) is 5. The molecular formula is C13H15FN4S. The highest BCUT2D eigenvalue weighted by molar-refractivity contribution is 7.98. The van der Waals surface area contributed by atoms with Crippen LogP contribution in [0.3, 0.4) is 0 Å². The molecule has 0 fully saturated rings. The van der Waals surface area contributed by atoms with E-state index in [2.05, 4.69) is 15.4 Å². The van der Waals surface area contributed by atoms with Gasteiger partial charge in [-0.25, -0.2) is 20.2 Å². The number of nitrogens with two attached hydrogens (primary N) is 1. The molecule has 0 atom stereocenters. The van der Waals surface area contributed by atoms with Crippen LogP contribution in [0.25, 0.3) is 0 Å². The second kappa shape index (κ2) is 5.99. The number of hydrogen-bond donors (Lipinski definition) is 2. The van der Waals surface area contributed by atoms with E-state index in [4.69, 9.17) is 5.84 Å². The zero-order chi connectivity index (χ0) is 13.8. The van der Waals surface area contributed by atoms with Gasteiger partial charge < -0.3 is 5.43 Å². The summed E-state index contributed by atoms with van der Waals surface area (Å²) in [5, 5.41) is 0. The van der Waals surface area contributed by atoms with E-state index in [9.17, 15) is 4.39 Å². The number of thioether (sulfide) groups is 1. The highest BCUT2D eigenvalue weighted by Crippen LogP contribution is 2.23. The summed E-state index contributed by atoms with van der Waals surface area (Å²) in [6.45, 7) is 3.84. The maximum Gasteiger partial charge on any atom is 0.146 e. The molecule has 1 aromatic carbocycles. The quantitative estimate of drug-likeness (QED) is 0.511. The average Bonchev–Trinajstić information content (AvgIpc) is 2.41.